The first-order valence-electron chi connectivity index (χ1n) is 5.09. The van der Waals surface area contributed by atoms with E-state index < -0.39 is 5.97 Å². The topological polar surface area (TPSA) is 55.1 Å². The highest BCUT2D eigenvalue weighted by Crippen LogP contribution is 2.64. The standard InChI is InChI=1S/C11H16N2O2/c1-6-5-7(12-13(6)4)8-9(10(14)15)11(8,2)3/h5,8-9H,1-4H3,(H,14,15)/t8-,9+/m1/s1. The van der Waals surface area contributed by atoms with Crippen molar-refractivity contribution in [1.82, 2.24) is 9.78 Å². The molecule has 1 aromatic rings. The molecule has 2 atom stereocenters. The Morgan fingerprint density at radius 3 is 2.53 bits per heavy atom. The van der Waals surface area contributed by atoms with Gasteiger partial charge in [0.25, 0.3) is 0 Å². The minimum absolute atomic E-state index is 0.0647. The largest absolute Gasteiger partial charge is 0.481 e. The van der Waals surface area contributed by atoms with Crippen LogP contribution in [0.4, 0.5) is 0 Å². The number of carboxylic acids is 1. The minimum atomic E-state index is -0.715. The quantitative estimate of drug-likeness (QED) is 0.802. The zero-order valence-corrected chi connectivity index (χ0v) is 9.48. The number of carboxylic acid groups (broad SMARTS) is 1. The van der Waals surface area contributed by atoms with Crippen molar-refractivity contribution in [3.63, 3.8) is 0 Å². The van der Waals surface area contributed by atoms with Crippen LogP contribution in [0.3, 0.4) is 0 Å². The fraction of sp³-hybridized carbons (Fsp3) is 0.636. The van der Waals surface area contributed by atoms with Gasteiger partial charge >= 0.3 is 5.97 Å². The molecule has 2 rings (SSSR count). The van der Waals surface area contributed by atoms with E-state index in [2.05, 4.69) is 5.10 Å². The van der Waals surface area contributed by atoms with Gasteiger partial charge in [0.15, 0.2) is 0 Å². The smallest absolute Gasteiger partial charge is 0.307 e. The molecule has 1 heterocycles. The first-order valence-corrected chi connectivity index (χ1v) is 5.09. The average molecular weight is 208 g/mol. The Bertz CT molecular complexity index is 401. The highest BCUT2D eigenvalue weighted by atomic mass is 16.4. The SMILES string of the molecule is Cc1cc([C@@H]2[C@@H](C(=O)O)C2(C)C)nn1C. The number of aliphatic carboxylic acids is 1. The Balaban J connectivity index is 2.31. The van der Waals surface area contributed by atoms with E-state index in [1.54, 1.807) is 4.68 Å². The number of nitrogens with zero attached hydrogens (tertiary/aromatic N) is 2. The van der Waals surface area contributed by atoms with Gasteiger partial charge in [0.1, 0.15) is 0 Å². The fourth-order valence-corrected chi connectivity index (χ4v) is 2.39. The maximum atomic E-state index is 11.0. The summed E-state index contributed by atoms with van der Waals surface area (Å²) in [6.07, 6.45) is 0. The van der Waals surface area contributed by atoms with Gasteiger partial charge in [-0.15, -0.1) is 0 Å². The predicted molar refractivity (Wildman–Crippen MR) is 55.6 cm³/mol. The van der Waals surface area contributed by atoms with Gasteiger partial charge in [-0.25, -0.2) is 0 Å². The molecule has 0 bridgehead atoms. The van der Waals surface area contributed by atoms with Crippen LogP contribution >= 0.6 is 0 Å². The third-order valence-corrected chi connectivity index (χ3v) is 3.54. The molecule has 1 aromatic heterocycles. The van der Waals surface area contributed by atoms with Crippen molar-refractivity contribution in [2.75, 3.05) is 0 Å². The number of aromatic nitrogens is 2. The highest BCUT2D eigenvalue weighted by Gasteiger charge is 2.63. The summed E-state index contributed by atoms with van der Waals surface area (Å²) in [5, 5.41) is 13.4. The van der Waals surface area contributed by atoms with Crippen LogP contribution in [0.1, 0.15) is 31.2 Å². The van der Waals surface area contributed by atoms with E-state index >= 15 is 0 Å². The normalized spacial score (nSPS) is 27.7. The lowest BCUT2D eigenvalue weighted by Crippen LogP contribution is -2.03. The number of hydrogen-bond acceptors (Lipinski definition) is 2. The first-order chi connectivity index (χ1) is 6.85. The van der Waals surface area contributed by atoms with Crippen molar-refractivity contribution < 1.29 is 9.90 Å². The number of hydrogen-bond donors (Lipinski definition) is 1. The third kappa shape index (κ3) is 1.35. The van der Waals surface area contributed by atoms with Crippen molar-refractivity contribution in [3.05, 3.63) is 17.5 Å². The molecule has 0 spiro atoms. The van der Waals surface area contributed by atoms with Crippen molar-refractivity contribution >= 4 is 5.97 Å². The van der Waals surface area contributed by atoms with Crippen LogP contribution in [-0.2, 0) is 11.8 Å². The van der Waals surface area contributed by atoms with E-state index in [0.717, 1.165) is 11.4 Å². The molecule has 1 fully saturated rings. The minimum Gasteiger partial charge on any atom is -0.481 e. The number of carbonyl (C=O) groups is 1. The average Bonchev–Trinajstić information content (AvgIpc) is 2.52. The summed E-state index contributed by atoms with van der Waals surface area (Å²) in [5.41, 5.74) is 1.82. The summed E-state index contributed by atoms with van der Waals surface area (Å²) in [4.78, 5) is 11.0. The molecule has 1 saturated carbocycles. The molecule has 0 aromatic carbocycles. The van der Waals surface area contributed by atoms with Gasteiger partial charge in [-0.05, 0) is 18.4 Å². The second-order valence-electron chi connectivity index (χ2n) is 4.95. The van der Waals surface area contributed by atoms with Crippen LogP contribution in [-0.4, -0.2) is 20.9 Å². The molecular formula is C11H16N2O2. The molecule has 0 amide bonds. The zero-order valence-electron chi connectivity index (χ0n) is 9.48. The molecule has 0 unspecified atom stereocenters. The van der Waals surface area contributed by atoms with Gasteiger partial charge in [-0.1, -0.05) is 13.8 Å². The Labute approximate surface area is 88.9 Å². The molecule has 1 aliphatic rings. The lowest BCUT2D eigenvalue weighted by Gasteiger charge is -1.97. The van der Waals surface area contributed by atoms with E-state index in [-0.39, 0.29) is 17.3 Å². The maximum absolute atomic E-state index is 11.0. The summed E-state index contributed by atoms with van der Waals surface area (Å²) in [7, 11) is 1.88. The lowest BCUT2D eigenvalue weighted by molar-refractivity contribution is -0.139. The van der Waals surface area contributed by atoms with Crippen LogP contribution < -0.4 is 0 Å². The Hall–Kier alpha value is -1.32. The van der Waals surface area contributed by atoms with E-state index in [4.69, 9.17) is 5.11 Å². The monoisotopic (exact) mass is 208 g/mol. The van der Waals surface area contributed by atoms with Crippen LogP contribution in [0.5, 0.6) is 0 Å². The molecule has 82 valence electrons. The van der Waals surface area contributed by atoms with Gasteiger partial charge < -0.3 is 5.11 Å². The molecule has 0 aliphatic heterocycles. The second-order valence-corrected chi connectivity index (χ2v) is 4.95. The Morgan fingerprint density at radius 2 is 2.20 bits per heavy atom. The molecule has 0 saturated heterocycles. The van der Waals surface area contributed by atoms with Crippen molar-refractivity contribution in [3.8, 4) is 0 Å². The summed E-state index contributed by atoms with van der Waals surface area (Å²) < 4.78 is 1.79. The Morgan fingerprint density at radius 1 is 1.60 bits per heavy atom. The Kier molecular flexibility index (Phi) is 1.93. The number of rotatable bonds is 2. The zero-order chi connectivity index (χ0) is 11.4. The predicted octanol–water partition coefficient (Wildman–Crippen LogP) is 1.55. The summed E-state index contributed by atoms with van der Waals surface area (Å²) in [6.45, 7) is 5.95. The van der Waals surface area contributed by atoms with E-state index in [0.29, 0.717) is 0 Å². The molecule has 15 heavy (non-hydrogen) atoms. The summed E-state index contributed by atoms with van der Waals surface area (Å²) in [5.74, 6) is -0.935. The van der Waals surface area contributed by atoms with E-state index in [9.17, 15) is 4.79 Å². The molecule has 4 heteroatoms. The number of aryl methyl sites for hydroxylation is 2. The molecule has 1 N–H and O–H groups in total. The van der Waals surface area contributed by atoms with Crippen LogP contribution in [0, 0.1) is 18.3 Å². The van der Waals surface area contributed by atoms with Gasteiger partial charge in [0.05, 0.1) is 11.6 Å². The molecular weight excluding hydrogens is 192 g/mol. The molecule has 0 radical (unpaired) electrons. The van der Waals surface area contributed by atoms with Crippen molar-refractivity contribution in [2.45, 2.75) is 26.7 Å². The van der Waals surface area contributed by atoms with Gasteiger partial charge in [-0.2, -0.15) is 5.10 Å². The molecule has 1 aliphatic carbocycles. The second kappa shape index (κ2) is 2.84. The van der Waals surface area contributed by atoms with E-state index in [1.165, 1.54) is 0 Å². The van der Waals surface area contributed by atoms with Gasteiger partial charge in [0, 0.05) is 18.7 Å². The van der Waals surface area contributed by atoms with Crippen LogP contribution in [0.2, 0.25) is 0 Å². The third-order valence-electron chi connectivity index (χ3n) is 3.54. The van der Waals surface area contributed by atoms with E-state index in [1.807, 2.05) is 33.9 Å². The maximum Gasteiger partial charge on any atom is 0.307 e. The molecule has 4 nitrogen and oxygen atoms in total. The van der Waals surface area contributed by atoms with Crippen LogP contribution in [0.15, 0.2) is 6.07 Å². The fourth-order valence-electron chi connectivity index (χ4n) is 2.39. The van der Waals surface area contributed by atoms with Gasteiger partial charge in [-0.3, -0.25) is 9.48 Å². The van der Waals surface area contributed by atoms with Gasteiger partial charge in [0.2, 0.25) is 0 Å². The first kappa shape index (κ1) is 10.2. The van der Waals surface area contributed by atoms with Crippen molar-refractivity contribution in [2.24, 2.45) is 18.4 Å². The lowest BCUT2D eigenvalue weighted by atomic mass is 10.1. The van der Waals surface area contributed by atoms with Crippen LogP contribution in [0.25, 0.3) is 0 Å². The summed E-state index contributed by atoms with van der Waals surface area (Å²) >= 11 is 0. The highest BCUT2D eigenvalue weighted by molar-refractivity contribution is 5.77. The van der Waals surface area contributed by atoms with Crippen molar-refractivity contribution in [1.29, 1.82) is 0 Å². The summed E-state index contributed by atoms with van der Waals surface area (Å²) in [6, 6.07) is 1.98.